The van der Waals surface area contributed by atoms with Crippen LogP contribution in [0.4, 0.5) is 34.1 Å². The number of carbonyl (C=O) groups excluding carboxylic acids is 4. The van der Waals surface area contributed by atoms with Gasteiger partial charge in [0.2, 0.25) is 5.91 Å². The number of pyridine rings is 1. The Kier molecular flexibility index (Phi) is 8.56. The van der Waals surface area contributed by atoms with Crippen molar-refractivity contribution in [1.82, 2.24) is 25.3 Å². The smallest absolute Gasteiger partial charge is 0.414 e. The first-order valence-electron chi connectivity index (χ1n) is 11.9. The number of carbonyl (C=O) groups is 4. The van der Waals surface area contributed by atoms with Gasteiger partial charge in [0.1, 0.15) is 28.9 Å². The van der Waals surface area contributed by atoms with E-state index in [4.69, 9.17) is 4.74 Å². The van der Waals surface area contributed by atoms with E-state index in [1.807, 2.05) is 0 Å². The van der Waals surface area contributed by atoms with Crippen LogP contribution >= 0.6 is 0 Å². The van der Waals surface area contributed by atoms with Gasteiger partial charge in [-0.05, 0) is 12.1 Å². The van der Waals surface area contributed by atoms with Gasteiger partial charge < -0.3 is 35.1 Å². The fourth-order valence-electron chi connectivity index (χ4n) is 3.77. The number of ether oxygens (including phenoxy) is 2. The van der Waals surface area contributed by atoms with Crippen molar-refractivity contribution in [1.29, 1.82) is 0 Å². The highest BCUT2D eigenvalue weighted by atomic mass is 19.1. The van der Waals surface area contributed by atoms with E-state index in [9.17, 15) is 32.3 Å². The van der Waals surface area contributed by atoms with E-state index in [0.29, 0.717) is 5.65 Å². The second-order valence-electron chi connectivity index (χ2n) is 8.47. The van der Waals surface area contributed by atoms with Crippen LogP contribution in [0, 0.1) is 17.5 Å². The van der Waals surface area contributed by atoms with Gasteiger partial charge in [-0.25, -0.2) is 27.7 Å². The number of rotatable bonds is 10. The molecule has 3 aromatic rings. The van der Waals surface area contributed by atoms with Crippen LogP contribution in [-0.2, 0) is 14.3 Å². The molecule has 0 unspecified atom stereocenters. The van der Waals surface area contributed by atoms with Gasteiger partial charge in [-0.1, -0.05) is 0 Å². The van der Waals surface area contributed by atoms with E-state index < -0.39 is 53.2 Å². The van der Waals surface area contributed by atoms with E-state index >= 15 is 0 Å². The average Bonchev–Trinajstić information content (AvgIpc) is 3.52. The molecule has 1 aliphatic rings. The molecule has 0 aliphatic carbocycles. The fourth-order valence-corrected chi connectivity index (χ4v) is 3.77. The van der Waals surface area contributed by atoms with Gasteiger partial charge >= 0.3 is 12.2 Å². The van der Waals surface area contributed by atoms with Gasteiger partial charge in [0.25, 0.3) is 5.91 Å². The van der Waals surface area contributed by atoms with Crippen LogP contribution < -0.4 is 26.2 Å². The van der Waals surface area contributed by atoms with Crippen molar-refractivity contribution >= 4 is 41.0 Å². The SMILES string of the molecule is COC(=O)NC[C@H]1CN(c2cc(F)c(NCCNC(=O)CNC(=O)c3cn4cc(F)ccc4n3)c(F)c2)C(=O)O1. The van der Waals surface area contributed by atoms with Crippen LogP contribution in [0.15, 0.2) is 36.7 Å². The van der Waals surface area contributed by atoms with Gasteiger partial charge in [0, 0.05) is 37.6 Å². The number of hydrogen-bond donors (Lipinski definition) is 4. The largest absolute Gasteiger partial charge is 0.453 e. The van der Waals surface area contributed by atoms with E-state index in [0.717, 1.165) is 23.2 Å². The lowest BCUT2D eigenvalue weighted by Crippen LogP contribution is -2.38. The first kappa shape index (κ1) is 28.0. The van der Waals surface area contributed by atoms with Crippen LogP contribution in [-0.4, -0.2) is 79.3 Å². The normalized spacial score (nSPS) is 14.6. The number of cyclic esters (lactones) is 1. The Bertz CT molecular complexity index is 1430. The maximum atomic E-state index is 14.6. The summed E-state index contributed by atoms with van der Waals surface area (Å²) in [4.78, 5) is 52.6. The highest BCUT2D eigenvalue weighted by molar-refractivity contribution is 5.95. The number of imidazole rings is 1. The number of aromatic nitrogens is 2. The molecule has 4 amide bonds. The van der Waals surface area contributed by atoms with Crippen molar-refractivity contribution in [3.8, 4) is 0 Å². The standard InChI is InChI=1S/C24H24F3N7O6/c1-39-23(37)31-8-15-11-34(24(38)40-15)14-6-16(26)21(17(27)7-14)29-5-4-28-20(35)9-30-22(36)18-12-33-10-13(25)2-3-19(33)32-18/h2-3,6-7,10,12,15,29H,4-5,8-9,11H2,1H3,(H,28,35)(H,30,36)(H,31,37)/t15-/m0/s1. The molecule has 13 nitrogen and oxygen atoms in total. The van der Waals surface area contributed by atoms with Crippen molar-refractivity contribution in [2.24, 2.45) is 0 Å². The molecule has 0 bridgehead atoms. The van der Waals surface area contributed by atoms with Gasteiger partial charge in [-0.15, -0.1) is 0 Å². The molecule has 1 atom stereocenters. The lowest BCUT2D eigenvalue weighted by atomic mass is 10.2. The summed E-state index contributed by atoms with van der Waals surface area (Å²) in [6, 6.07) is 4.49. The van der Waals surface area contributed by atoms with Crippen LogP contribution in [0.25, 0.3) is 5.65 Å². The molecule has 1 aromatic carbocycles. The van der Waals surface area contributed by atoms with Crippen molar-refractivity contribution in [3.63, 3.8) is 0 Å². The highest BCUT2D eigenvalue weighted by Crippen LogP contribution is 2.28. The Morgan fingerprint density at radius 2 is 1.82 bits per heavy atom. The summed E-state index contributed by atoms with van der Waals surface area (Å²) in [6.07, 6.45) is 0.178. The summed E-state index contributed by atoms with van der Waals surface area (Å²) in [5.74, 6) is -3.67. The zero-order valence-corrected chi connectivity index (χ0v) is 21.0. The molecular formula is C24H24F3N7O6. The molecular weight excluding hydrogens is 539 g/mol. The molecule has 1 aliphatic heterocycles. The Morgan fingerprint density at radius 3 is 2.55 bits per heavy atom. The van der Waals surface area contributed by atoms with Gasteiger partial charge in [-0.3, -0.25) is 14.5 Å². The van der Waals surface area contributed by atoms with Crippen LogP contribution in [0.2, 0.25) is 0 Å². The first-order chi connectivity index (χ1) is 19.1. The molecule has 16 heteroatoms. The molecule has 1 saturated heterocycles. The predicted octanol–water partition coefficient (Wildman–Crippen LogP) is 1.39. The average molecular weight is 563 g/mol. The lowest BCUT2D eigenvalue weighted by Gasteiger charge is -2.16. The third-order valence-corrected chi connectivity index (χ3v) is 5.68. The molecule has 3 heterocycles. The third kappa shape index (κ3) is 6.69. The quantitative estimate of drug-likeness (QED) is 0.270. The van der Waals surface area contributed by atoms with Crippen molar-refractivity contribution in [3.05, 3.63) is 59.8 Å². The number of amides is 4. The number of nitrogens with zero attached hydrogens (tertiary/aromatic N) is 3. The summed E-state index contributed by atoms with van der Waals surface area (Å²) in [5.41, 5.74) is -0.200. The summed E-state index contributed by atoms with van der Waals surface area (Å²) < 4.78 is 53.4. The number of halogens is 3. The number of nitrogens with one attached hydrogen (secondary N) is 4. The predicted molar refractivity (Wildman–Crippen MR) is 133 cm³/mol. The number of methoxy groups -OCH3 is 1. The number of alkyl carbamates (subject to hydrolysis) is 1. The summed E-state index contributed by atoms with van der Waals surface area (Å²) in [7, 11) is 1.17. The van der Waals surface area contributed by atoms with E-state index in [1.165, 1.54) is 29.8 Å². The van der Waals surface area contributed by atoms with E-state index in [-0.39, 0.29) is 44.1 Å². The Hall–Kier alpha value is -5.02. The number of fused-ring (bicyclic) bond motifs is 1. The van der Waals surface area contributed by atoms with Crippen molar-refractivity contribution in [2.75, 3.05) is 50.1 Å². The minimum absolute atomic E-state index is 0.00922. The second kappa shape index (κ2) is 12.2. The summed E-state index contributed by atoms with van der Waals surface area (Å²) >= 11 is 0. The summed E-state index contributed by atoms with van der Waals surface area (Å²) in [5, 5.41) is 9.76. The van der Waals surface area contributed by atoms with Crippen LogP contribution in [0.3, 0.4) is 0 Å². The first-order valence-corrected chi connectivity index (χ1v) is 11.9. The summed E-state index contributed by atoms with van der Waals surface area (Å²) in [6.45, 7) is -0.571. The van der Waals surface area contributed by atoms with Gasteiger partial charge in [-0.2, -0.15) is 0 Å². The van der Waals surface area contributed by atoms with Gasteiger partial charge in [0.15, 0.2) is 11.6 Å². The van der Waals surface area contributed by atoms with Crippen molar-refractivity contribution < 1.29 is 41.8 Å². The molecule has 212 valence electrons. The molecule has 40 heavy (non-hydrogen) atoms. The highest BCUT2D eigenvalue weighted by Gasteiger charge is 2.33. The molecule has 0 saturated carbocycles. The van der Waals surface area contributed by atoms with Crippen molar-refractivity contribution in [2.45, 2.75) is 6.10 Å². The Labute approximate surface area is 224 Å². The molecule has 1 fully saturated rings. The fraction of sp³-hybridized carbons (Fsp3) is 0.292. The third-order valence-electron chi connectivity index (χ3n) is 5.68. The Balaban J connectivity index is 1.22. The van der Waals surface area contributed by atoms with Crippen LogP contribution in [0.5, 0.6) is 0 Å². The van der Waals surface area contributed by atoms with Gasteiger partial charge in [0.05, 0.1) is 32.4 Å². The van der Waals surface area contributed by atoms with Crippen LogP contribution in [0.1, 0.15) is 10.5 Å². The lowest BCUT2D eigenvalue weighted by molar-refractivity contribution is -0.120. The number of hydrogen-bond acceptors (Lipinski definition) is 8. The second-order valence-corrected chi connectivity index (χ2v) is 8.47. The molecule has 4 rings (SSSR count). The zero-order valence-electron chi connectivity index (χ0n) is 21.0. The molecule has 0 radical (unpaired) electrons. The maximum Gasteiger partial charge on any atom is 0.414 e. The number of anilines is 2. The molecule has 0 spiro atoms. The molecule has 4 N–H and O–H groups in total. The number of benzene rings is 1. The monoisotopic (exact) mass is 563 g/mol. The molecule has 2 aromatic heterocycles. The van der Waals surface area contributed by atoms with E-state index in [1.54, 1.807) is 0 Å². The Morgan fingerprint density at radius 1 is 1.07 bits per heavy atom. The minimum Gasteiger partial charge on any atom is -0.453 e. The maximum absolute atomic E-state index is 14.6. The minimum atomic E-state index is -0.982. The topological polar surface area (TPSA) is 155 Å². The van der Waals surface area contributed by atoms with E-state index in [2.05, 4.69) is 31.0 Å². The zero-order chi connectivity index (χ0) is 28.8.